The number of rotatable bonds is 8. The van der Waals surface area contributed by atoms with Crippen LogP contribution in [0.2, 0.25) is 0 Å². The smallest absolute Gasteiger partial charge is 0.251 e. The fourth-order valence-electron chi connectivity index (χ4n) is 3.61. The third kappa shape index (κ3) is 5.57. The van der Waals surface area contributed by atoms with E-state index >= 15 is 0 Å². The minimum absolute atomic E-state index is 0.0244. The average molecular weight is 382 g/mol. The summed E-state index contributed by atoms with van der Waals surface area (Å²) in [6, 6.07) is 18.3. The number of hydrogen-bond acceptors (Lipinski definition) is 4. The van der Waals surface area contributed by atoms with Crippen LogP contribution in [-0.4, -0.2) is 56.2 Å². The summed E-state index contributed by atoms with van der Waals surface area (Å²) in [5.41, 5.74) is 3.14. The van der Waals surface area contributed by atoms with Crippen LogP contribution in [0.5, 0.6) is 0 Å². The minimum atomic E-state index is -0.0464. The molecule has 0 saturated carbocycles. The lowest BCUT2D eigenvalue weighted by atomic mass is 10.1. The van der Waals surface area contributed by atoms with Gasteiger partial charge in [0, 0.05) is 50.5 Å². The fourth-order valence-corrected chi connectivity index (χ4v) is 3.61. The zero-order valence-electron chi connectivity index (χ0n) is 16.9. The van der Waals surface area contributed by atoms with Gasteiger partial charge in [-0.05, 0) is 43.7 Å². The number of benzene rings is 2. The number of anilines is 1. The zero-order valence-corrected chi connectivity index (χ0v) is 16.9. The molecule has 0 spiro atoms. The van der Waals surface area contributed by atoms with Crippen LogP contribution in [0.4, 0.5) is 5.69 Å². The third-order valence-electron chi connectivity index (χ3n) is 5.22. The molecule has 1 saturated heterocycles. The number of ether oxygens (including phenoxy) is 1. The molecule has 1 amide bonds. The van der Waals surface area contributed by atoms with Gasteiger partial charge in [-0.15, -0.1) is 0 Å². The molecule has 1 fully saturated rings. The first kappa shape index (κ1) is 20.4. The normalized spacial score (nSPS) is 17.3. The molecule has 150 valence electrons. The molecule has 1 unspecified atom stereocenters. The van der Waals surface area contributed by atoms with E-state index in [1.54, 1.807) is 0 Å². The number of carbonyl (C=O) groups is 1. The lowest BCUT2D eigenvalue weighted by molar-refractivity contribution is -0.0292. The SMILES string of the molecule is CCN(CC)c1ccc(C(=O)NCC2CN(Cc3ccccc3)CCO2)cc1. The van der Waals surface area contributed by atoms with Gasteiger partial charge in [0.2, 0.25) is 0 Å². The largest absolute Gasteiger partial charge is 0.374 e. The highest BCUT2D eigenvalue weighted by atomic mass is 16.5. The second-order valence-electron chi connectivity index (χ2n) is 7.14. The molecule has 1 aliphatic heterocycles. The Morgan fingerprint density at radius 2 is 1.82 bits per heavy atom. The number of nitrogens with zero attached hydrogens (tertiary/aromatic N) is 2. The zero-order chi connectivity index (χ0) is 19.8. The summed E-state index contributed by atoms with van der Waals surface area (Å²) < 4.78 is 5.85. The summed E-state index contributed by atoms with van der Waals surface area (Å²) in [6.07, 6.45) is 0.0244. The van der Waals surface area contributed by atoms with Crippen molar-refractivity contribution in [3.05, 3.63) is 65.7 Å². The molecule has 1 N–H and O–H groups in total. The molecule has 28 heavy (non-hydrogen) atoms. The standard InChI is InChI=1S/C23H31N3O2/c1-3-26(4-2)21-12-10-20(11-13-21)23(27)24-16-22-18-25(14-15-28-22)17-19-8-6-5-7-9-19/h5-13,22H,3-4,14-18H2,1-2H3,(H,24,27). The number of hydrogen-bond donors (Lipinski definition) is 1. The Morgan fingerprint density at radius 3 is 2.50 bits per heavy atom. The lowest BCUT2D eigenvalue weighted by Gasteiger charge is -2.33. The fraction of sp³-hybridized carbons (Fsp3) is 0.435. The van der Waals surface area contributed by atoms with E-state index in [2.05, 4.69) is 53.2 Å². The first-order chi connectivity index (χ1) is 13.7. The Bertz CT molecular complexity index is 729. The second kappa shape index (κ2) is 10.2. The van der Waals surface area contributed by atoms with Gasteiger partial charge in [-0.25, -0.2) is 0 Å². The van der Waals surface area contributed by atoms with Crippen LogP contribution in [0.15, 0.2) is 54.6 Å². The molecule has 5 nitrogen and oxygen atoms in total. The topological polar surface area (TPSA) is 44.8 Å². The molecule has 0 radical (unpaired) electrons. The summed E-state index contributed by atoms with van der Waals surface area (Å²) in [7, 11) is 0. The molecule has 0 aliphatic carbocycles. The third-order valence-corrected chi connectivity index (χ3v) is 5.22. The van der Waals surface area contributed by atoms with Gasteiger partial charge in [-0.2, -0.15) is 0 Å². The van der Waals surface area contributed by atoms with Gasteiger partial charge in [0.05, 0.1) is 12.7 Å². The quantitative estimate of drug-likeness (QED) is 0.763. The Hall–Kier alpha value is -2.37. The predicted octanol–water partition coefficient (Wildman–Crippen LogP) is 3.16. The van der Waals surface area contributed by atoms with Crippen LogP contribution >= 0.6 is 0 Å². The molecule has 5 heteroatoms. The molecular weight excluding hydrogens is 350 g/mol. The number of amides is 1. The molecule has 1 aliphatic rings. The molecule has 2 aromatic carbocycles. The van der Waals surface area contributed by atoms with Gasteiger partial charge < -0.3 is 15.0 Å². The highest BCUT2D eigenvalue weighted by molar-refractivity contribution is 5.94. The van der Waals surface area contributed by atoms with E-state index in [0.29, 0.717) is 18.7 Å². The number of morpholine rings is 1. The number of carbonyl (C=O) groups excluding carboxylic acids is 1. The minimum Gasteiger partial charge on any atom is -0.374 e. The maximum absolute atomic E-state index is 12.5. The van der Waals surface area contributed by atoms with Crippen molar-refractivity contribution in [3.63, 3.8) is 0 Å². The summed E-state index contributed by atoms with van der Waals surface area (Å²) in [5.74, 6) is -0.0464. The van der Waals surface area contributed by atoms with Crippen molar-refractivity contribution in [3.8, 4) is 0 Å². The number of nitrogens with one attached hydrogen (secondary N) is 1. The van der Waals surface area contributed by atoms with Crippen molar-refractivity contribution in [2.24, 2.45) is 0 Å². The summed E-state index contributed by atoms with van der Waals surface area (Å²) in [6.45, 7) is 10.1. The van der Waals surface area contributed by atoms with Crippen molar-refractivity contribution < 1.29 is 9.53 Å². The first-order valence-electron chi connectivity index (χ1n) is 10.2. The maximum atomic E-state index is 12.5. The van der Waals surface area contributed by atoms with Crippen LogP contribution in [0.3, 0.4) is 0 Å². The van der Waals surface area contributed by atoms with Crippen LogP contribution in [0.25, 0.3) is 0 Å². The molecular formula is C23H31N3O2. The van der Waals surface area contributed by atoms with Crippen LogP contribution < -0.4 is 10.2 Å². The maximum Gasteiger partial charge on any atom is 0.251 e. The Kier molecular flexibility index (Phi) is 7.46. The van der Waals surface area contributed by atoms with Gasteiger partial charge in [-0.3, -0.25) is 9.69 Å². The summed E-state index contributed by atoms with van der Waals surface area (Å²) in [5, 5.41) is 3.03. The van der Waals surface area contributed by atoms with Gasteiger partial charge in [0.15, 0.2) is 0 Å². The molecule has 1 heterocycles. The Morgan fingerprint density at radius 1 is 1.11 bits per heavy atom. The van der Waals surface area contributed by atoms with Crippen LogP contribution in [0.1, 0.15) is 29.8 Å². The van der Waals surface area contributed by atoms with Gasteiger partial charge in [0.25, 0.3) is 5.91 Å². The van der Waals surface area contributed by atoms with Gasteiger partial charge >= 0.3 is 0 Å². The first-order valence-corrected chi connectivity index (χ1v) is 10.2. The van der Waals surface area contributed by atoms with Crippen molar-refractivity contribution in [1.29, 1.82) is 0 Å². The second-order valence-corrected chi connectivity index (χ2v) is 7.14. The van der Waals surface area contributed by atoms with E-state index in [4.69, 9.17) is 4.74 Å². The monoisotopic (exact) mass is 381 g/mol. The average Bonchev–Trinajstić information content (AvgIpc) is 2.74. The van der Waals surface area contributed by atoms with Crippen molar-refractivity contribution in [1.82, 2.24) is 10.2 Å². The lowest BCUT2D eigenvalue weighted by Crippen LogP contribution is -2.47. The van der Waals surface area contributed by atoms with E-state index in [1.807, 2.05) is 30.3 Å². The summed E-state index contributed by atoms with van der Waals surface area (Å²) in [4.78, 5) is 17.1. The van der Waals surface area contributed by atoms with Crippen molar-refractivity contribution in [2.45, 2.75) is 26.5 Å². The summed E-state index contributed by atoms with van der Waals surface area (Å²) >= 11 is 0. The van der Waals surface area contributed by atoms with E-state index in [9.17, 15) is 4.79 Å². The predicted molar refractivity (Wildman–Crippen MR) is 114 cm³/mol. The van der Waals surface area contributed by atoms with Crippen LogP contribution in [-0.2, 0) is 11.3 Å². The highest BCUT2D eigenvalue weighted by Gasteiger charge is 2.21. The molecule has 3 rings (SSSR count). The van der Waals surface area contributed by atoms with E-state index < -0.39 is 0 Å². The Balaban J connectivity index is 1.48. The molecule has 1 atom stereocenters. The van der Waals surface area contributed by atoms with Gasteiger partial charge in [-0.1, -0.05) is 30.3 Å². The van der Waals surface area contributed by atoms with Gasteiger partial charge in [0.1, 0.15) is 0 Å². The van der Waals surface area contributed by atoms with E-state index in [-0.39, 0.29) is 12.0 Å². The molecule has 0 aromatic heterocycles. The highest BCUT2D eigenvalue weighted by Crippen LogP contribution is 2.15. The van der Waals surface area contributed by atoms with Crippen molar-refractivity contribution in [2.75, 3.05) is 44.2 Å². The van der Waals surface area contributed by atoms with Crippen molar-refractivity contribution >= 4 is 11.6 Å². The molecule has 2 aromatic rings. The molecule has 0 bridgehead atoms. The Labute approximate surface area is 168 Å². The van der Waals surface area contributed by atoms with Crippen LogP contribution in [0, 0.1) is 0 Å². The van der Waals surface area contributed by atoms with E-state index in [1.165, 1.54) is 5.56 Å². The van der Waals surface area contributed by atoms with E-state index in [0.717, 1.165) is 38.4 Å².